The Labute approximate surface area is 164 Å². The number of fused-ring (bicyclic) bond motifs is 1. The molecule has 2 amide bonds. The average molecular weight is 432 g/mol. The summed E-state index contributed by atoms with van der Waals surface area (Å²) < 4.78 is 14.6. The minimum Gasteiger partial charge on any atom is -0.361 e. The van der Waals surface area contributed by atoms with E-state index < -0.39 is 11.9 Å². The largest absolute Gasteiger partial charge is 0.361 e. The summed E-state index contributed by atoms with van der Waals surface area (Å²) >= 11 is 3.20. The van der Waals surface area contributed by atoms with Gasteiger partial charge in [0, 0.05) is 47.0 Å². The van der Waals surface area contributed by atoms with Crippen LogP contribution in [0.15, 0.2) is 53.1 Å². The van der Waals surface area contributed by atoms with Gasteiger partial charge in [0.2, 0.25) is 11.8 Å². The number of amides is 2. The Morgan fingerprint density at radius 3 is 2.70 bits per heavy atom. The third-order valence-corrected chi connectivity index (χ3v) is 4.75. The van der Waals surface area contributed by atoms with Gasteiger partial charge in [-0.05, 0) is 23.8 Å². The Morgan fingerprint density at radius 1 is 1.19 bits per heavy atom. The zero-order chi connectivity index (χ0) is 19.4. The number of aromatic amines is 1. The maximum atomic E-state index is 13.9. The fourth-order valence-electron chi connectivity index (χ4n) is 2.95. The van der Waals surface area contributed by atoms with Crippen molar-refractivity contribution in [3.05, 3.63) is 70.1 Å². The quantitative estimate of drug-likeness (QED) is 0.559. The molecular weight excluding hydrogens is 413 g/mol. The van der Waals surface area contributed by atoms with E-state index >= 15 is 0 Å². The maximum absolute atomic E-state index is 13.9. The van der Waals surface area contributed by atoms with Gasteiger partial charge in [0.1, 0.15) is 11.9 Å². The Bertz CT molecular complexity index is 986. The zero-order valence-corrected chi connectivity index (χ0v) is 16.3. The number of para-hydroxylation sites is 1. The third-order valence-electron chi connectivity index (χ3n) is 4.26. The molecule has 1 aromatic heterocycles. The normalized spacial score (nSPS) is 12.0. The summed E-state index contributed by atoms with van der Waals surface area (Å²) in [7, 11) is 0. The summed E-state index contributed by atoms with van der Waals surface area (Å²) in [6.45, 7) is 1.41. The van der Waals surface area contributed by atoms with Crippen molar-refractivity contribution in [1.29, 1.82) is 0 Å². The molecule has 1 unspecified atom stereocenters. The number of H-pyrrole nitrogens is 1. The zero-order valence-electron chi connectivity index (χ0n) is 14.7. The molecule has 0 aliphatic heterocycles. The van der Waals surface area contributed by atoms with Crippen molar-refractivity contribution >= 4 is 38.6 Å². The molecule has 1 heterocycles. The van der Waals surface area contributed by atoms with Crippen molar-refractivity contribution < 1.29 is 14.0 Å². The number of hydrogen-bond donors (Lipinski definition) is 3. The SMILES string of the molecule is CC(=O)NC(Cc1c[nH]c2ccccc12)C(=O)NCc1ccc(Br)cc1F. The van der Waals surface area contributed by atoms with E-state index in [0.29, 0.717) is 16.5 Å². The molecule has 1 atom stereocenters. The van der Waals surface area contributed by atoms with E-state index in [1.54, 1.807) is 12.1 Å². The van der Waals surface area contributed by atoms with Crippen LogP contribution in [0, 0.1) is 5.82 Å². The Morgan fingerprint density at radius 2 is 1.96 bits per heavy atom. The molecule has 0 saturated heterocycles. The Kier molecular flexibility index (Phi) is 5.91. The van der Waals surface area contributed by atoms with Gasteiger partial charge < -0.3 is 15.6 Å². The first-order chi connectivity index (χ1) is 12.9. The van der Waals surface area contributed by atoms with Gasteiger partial charge in [-0.15, -0.1) is 0 Å². The van der Waals surface area contributed by atoms with Crippen molar-refractivity contribution in [2.24, 2.45) is 0 Å². The number of halogens is 2. The highest BCUT2D eigenvalue weighted by Crippen LogP contribution is 2.19. The van der Waals surface area contributed by atoms with Crippen LogP contribution in [0.3, 0.4) is 0 Å². The standard InChI is InChI=1S/C20H19BrFN3O2/c1-12(26)25-19(8-14-11-23-18-5-3-2-4-16(14)18)20(27)24-10-13-6-7-15(21)9-17(13)22/h2-7,9,11,19,23H,8,10H2,1H3,(H,24,27)(H,25,26). The first-order valence-corrected chi connectivity index (χ1v) is 9.27. The van der Waals surface area contributed by atoms with Gasteiger partial charge in [-0.3, -0.25) is 9.59 Å². The molecule has 0 saturated carbocycles. The molecule has 0 spiro atoms. The fourth-order valence-corrected chi connectivity index (χ4v) is 3.28. The number of carbonyl (C=O) groups excluding carboxylic acids is 2. The number of benzene rings is 2. The average Bonchev–Trinajstić information content (AvgIpc) is 3.03. The molecule has 2 aromatic carbocycles. The molecule has 140 valence electrons. The number of nitrogens with one attached hydrogen (secondary N) is 3. The lowest BCUT2D eigenvalue weighted by Crippen LogP contribution is -2.47. The van der Waals surface area contributed by atoms with Crippen LogP contribution in [-0.4, -0.2) is 22.8 Å². The molecule has 0 aliphatic carbocycles. The monoisotopic (exact) mass is 431 g/mol. The molecule has 7 heteroatoms. The summed E-state index contributed by atoms with van der Waals surface area (Å²) in [6.07, 6.45) is 2.17. The van der Waals surface area contributed by atoms with Gasteiger partial charge in [0.25, 0.3) is 0 Å². The van der Waals surface area contributed by atoms with E-state index in [2.05, 4.69) is 31.5 Å². The molecule has 27 heavy (non-hydrogen) atoms. The van der Waals surface area contributed by atoms with Crippen molar-refractivity contribution in [2.75, 3.05) is 0 Å². The lowest BCUT2D eigenvalue weighted by molar-refractivity contribution is -0.128. The number of rotatable bonds is 6. The van der Waals surface area contributed by atoms with Gasteiger partial charge >= 0.3 is 0 Å². The van der Waals surface area contributed by atoms with Gasteiger partial charge in [0.15, 0.2) is 0 Å². The van der Waals surface area contributed by atoms with Crippen LogP contribution in [0.1, 0.15) is 18.1 Å². The lowest BCUT2D eigenvalue weighted by atomic mass is 10.0. The Hall–Kier alpha value is -2.67. The molecule has 0 radical (unpaired) electrons. The highest BCUT2D eigenvalue weighted by Gasteiger charge is 2.21. The van der Waals surface area contributed by atoms with E-state index in [9.17, 15) is 14.0 Å². The number of carbonyl (C=O) groups is 2. The Balaban J connectivity index is 1.73. The molecular formula is C20H19BrFN3O2. The van der Waals surface area contributed by atoms with Crippen LogP contribution in [0.5, 0.6) is 0 Å². The van der Waals surface area contributed by atoms with E-state index in [1.807, 2.05) is 30.5 Å². The number of aromatic nitrogens is 1. The van der Waals surface area contributed by atoms with E-state index in [-0.39, 0.29) is 18.4 Å². The third kappa shape index (κ3) is 4.74. The van der Waals surface area contributed by atoms with E-state index in [0.717, 1.165) is 16.5 Å². The second-order valence-electron chi connectivity index (χ2n) is 6.27. The predicted octanol–water partition coefficient (Wildman–Crippen LogP) is 3.43. The van der Waals surface area contributed by atoms with Gasteiger partial charge in [-0.2, -0.15) is 0 Å². The first-order valence-electron chi connectivity index (χ1n) is 8.48. The van der Waals surface area contributed by atoms with Crippen LogP contribution < -0.4 is 10.6 Å². The number of hydrogen-bond acceptors (Lipinski definition) is 2. The molecule has 3 N–H and O–H groups in total. The van der Waals surface area contributed by atoms with Crippen LogP contribution >= 0.6 is 15.9 Å². The maximum Gasteiger partial charge on any atom is 0.243 e. The molecule has 3 aromatic rings. The van der Waals surface area contributed by atoms with Crippen LogP contribution in [0.25, 0.3) is 10.9 Å². The highest BCUT2D eigenvalue weighted by molar-refractivity contribution is 9.10. The van der Waals surface area contributed by atoms with Crippen LogP contribution in [0.4, 0.5) is 4.39 Å². The summed E-state index contributed by atoms with van der Waals surface area (Å²) in [5.41, 5.74) is 2.26. The lowest BCUT2D eigenvalue weighted by Gasteiger charge is -2.17. The van der Waals surface area contributed by atoms with E-state index in [1.165, 1.54) is 13.0 Å². The van der Waals surface area contributed by atoms with Crippen molar-refractivity contribution in [3.8, 4) is 0 Å². The second-order valence-corrected chi connectivity index (χ2v) is 7.19. The summed E-state index contributed by atoms with van der Waals surface area (Å²) in [4.78, 5) is 27.3. The van der Waals surface area contributed by atoms with Crippen LogP contribution in [0.2, 0.25) is 0 Å². The summed E-state index contributed by atoms with van der Waals surface area (Å²) in [5, 5.41) is 6.38. The molecule has 3 rings (SSSR count). The summed E-state index contributed by atoms with van der Waals surface area (Å²) in [6, 6.07) is 11.7. The van der Waals surface area contributed by atoms with Crippen molar-refractivity contribution in [3.63, 3.8) is 0 Å². The fraction of sp³-hybridized carbons (Fsp3) is 0.200. The van der Waals surface area contributed by atoms with Crippen LogP contribution in [-0.2, 0) is 22.6 Å². The predicted molar refractivity (Wildman–Crippen MR) is 106 cm³/mol. The molecule has 5 nitrogen and oxygen atoms in total. The van der Waals surface area contributed by atoms with Gasteiger partial charge in [-0.25, -0.2) is 4.39 Å². The minimum atomic E-state index is -0.750. The van der Waals surface area contributed by atoms with E-state index in [4.69, 9.17) is 0 Å². The van der Waals surface area contributed by atoms with Gasteiger partial charge in [0.05, 0.1) is 0 Å². The van der Waals surface area contributed by atoms with Crippen molar-refractivity contribution in [2.45, 2.75) is 25.9 Å². The van der Waals surface area contributed by atoms with Gasteiger partial charge in [-0.1, -0.05) is 40.2 Å². The minimum absolute atomic E-state index is 0.0436. The topological polar surface area (TPSA) is 74.0 Å². The molecule has 0 aliphatic rings. The first kappa shape index (κ1) is 19.1. The molecule has 0 fully saturated rings. The van der Waals surface area contributed by atoms with Crippen molar-refractivity contribution in [1.82, 2.24) is 15.6 Å². The summed E-state index contributed by atoms with van der Waals surface area (Å²) in [5.74, 6) is -1.07. The molecule has 0 bridgehead atoms. The smallest absolute Gasteiger partial charge is 0.243 e. The second kappa shape index (κ2) is 8.35. The highest BCUT2D eigenvalue weighted by atomic mass is 79.9.